The van der Waals surface area contributed by atoms with E-state index in [-0.39, 0.29) is 11.7 Å². The van der Waals surface area contributed by atoms with Gasteiger partial charge in [-0.05, 0) is 61.5 Å². The first kappa shape index (κ1) is 19.3. The molecule has 0 aliphatic heterocycles. The molecule has 0 fully saturated rings. The third-order valence-electron chi connectivity index (χ3n) is 4.51. The Morgan fingerprint density at radius 1 is 0.867 bits per heavy atom. The number of aryl methyl sites for hydroxylation is 1. The summed E-state index contributed by atoms with van der Waals surface area (Å²) >= 11 is 0. The van der Waals surface area contributed by atoms with Gasteiger partial charge < -0.3 is 10.6 Å². The number of rotatable bonds is 5. The summed E-state index contributed by atoms with van der Waals surface area (Å²) < 4.78 is 13.1. The minimum atomic E-state index is -0.299. The van der Waals surface area contributed by atoms with E-state index in [1.807, 2.05) is 37.3 Å². The molecule has 1 amide bonds. The lowest BCUT2D eigenvalue weighted by molar-refractivity contribution is 0.102. The number of amides is 1. The molecule has 0 atom stereocenters. The molecule has 6 heteroatoms. The van der Waals surface area contributed by atoms with Gasteiger partial charge in [-0.2, -0.15) is 0 Å². The van der Waals surface area contributed by atoms with Crippen LogP contribution in [0.5, 0.6) is 0 Å². The minimum Gasteiger partial charge on any atom is -0.340 e. The van der Waals surface area contributed by atoms with Gasteiger partial charge in [-0.25, -0.2) is 14.4 Å². The van der Waals surface area contributed by atoms with Gasteiger partial charge in [0.15, 0.2) is 0 Å². The molecular weight excluding hydrogens is 379 g/mol. The fourth-order valence-electron chi connectivity index (χ4n) is 2.93. The molecule has 5 nitrogen and oxygen atoms in total. The Labute approximate surface area is 173 Å². The minimum absolute atomic E-state index is 0.197. The second-order valence-corrected chi connectivity index (χ2v) is 6.82. The molecule has 1 heterocycles. The fraction of sp³-hybridized carbons (Fsp3) is 0.0417. The van der Waals surface area contributed by atoms with Crippen molar-refractivity contribution in [2.24, 2.45) is 0 Å². The lowest BCUT2D eigenvalue weighted by Crippen LogP contribution is -2.12. The van der Waals surface area contributed by atoms with Crippen molar-refractivity contribution in [1.82, 2.24) is 9.97 Å². The molecule has 0 aliphatic rings. The van der Waals surface area contributed by atoms with Crippen LogP contribution in [0.2, 0.25) is 0 Å². The highest BCUT2D eigenvalue weighted by Crippen LogP contribution is 2.22. The first-order valence-corrected chi connectivity index (χ1v) is 9.40. The maximum absolute atomic E-state index is 13.1. The summed E-state index contributed by atoms with van der Waals surface area (Å²) in [7, 11) is 0. The van der Waals surface area contributed by atoms with Crippen molar-refractivity contribution in [3.63, 3.8) is 0 Å². The van der Waals surface area contributed by atoms with Gasteiger partial charge in [0.25, 0.3) is 5.91 Å². The lowest BCUT2D eigenvalue weighted by Gasteiger charge is -2.10. The number of hydrogen-bond acceptors (Lipinski definition) is 4. The largest absolute Gasteiger partial charge is 0.340 e. The molecule has 0 saturated carbocycles. The monoisotopic (exact) mass is 398 g/mol. The Hall–Kier alpha value is -4.06. The number of nitrogens with one attached hydrogen (secondary N) is 2. The number of carbonyl (C=O) groups excluding carboxylic acids is 1. The molecular formula is C24H19FN4O. The van der Waals surface area contributed by atoms with Crippen molar-refractivity contribution < 1.29 is 9.18 Å². The number of nitrogens with zero attached hydrogens (tertiary/aromatic N) is 2. The summed E-state index contributed by atoms with van der Waals surface area (Å²) in [5, 5.41) is 6.08. The summed E-state index contributed by atoms with van der Waals surface area (Å²) in [6, 6.07) is 22.7. The standard InChI is InChI=1S/C24H19FN4O/c1-16-5-11-20(12-6-16)29-24(30)18-3-2-4-21(13-18)28-23-14-22(26-15-27-23)17-7-9-19(25)10-8-17/h2-15H,1H3,(H,29,30)(H,26,27,28). The molecule has 0 radical (unpaired) electrons. The summed E-state index contributed by atoms with van der Waals surface area (Å²) in [5.74, 6) is 0.0736. The zero-order chi connectivity index (χ0) is 20.9. The van der Waals surface area contributed by atoms with Crippen LogP contribution in [0, 0.1) is 12.7 Å². The zero-order valence-corrected chi connectivity index (χ0v) is 16.3. The van der Waals surface area contributed by atoms with E-state index >= 15 is 0 Å². The van der Waals surface area contributed by atoms with Crippen molar-refractivity contribution in [2.75, 3.05) is 10.6 Å². The molecule has 1 aromatic heterocycles. The van der Waals surface area contributed by atoms with Gasteiger partial charge >= 0.3 is 0 Å². The topological polar surface area (TPSA) is 66.9 Å². The van der Waals surface area contributed by atoms with E-state index in [0.29, 0.717) is 17.1 Å². The Bertz CT molecular complexity index is 1170. The van der Waals surface area contributed by atoms with Crippen LogP contribution in [0.1, 0.15) is 15.9 Å². The van der Waals surface area contributed by atoms with E-state index in [9.17, 15) is 9.18 Å². The molecule has 0 bridgehead atoms. The van der Waals surface area contributed by atoms with Crippen LogP contribution in [0.25, 0.3) is 11.3 Å². The predicted octanol–water partition coefficient (Wildman–Crippen LogP) is 5.59. The smallest absolute Gasteiger partial charge is 0.255 e. The van der Waals surface area contributed by atoms with Crippen molar-refractivity contribution >= 4 is 23.1 Å². The van der Waals surface area contributed by atoms with Crippen LogP contribution < -0.4 is 10.6 Å². The summed E-state index contributed by atoms with van der Waals surface area (Å²) in [4.78, 5) is 21.0. The Balaban J connectivity index is 1.50. The number of halogens is 1. The van der Waals surface area contributed by atoms with Crippen LogP contribution in [-0.2, 0) is 0 Å². The van der Waals surface area contributed by atoms with Gasteiger partial charge in [0, 0.05) is 28.6 Å². The molecule has 4 aromatic rings. The Morgan fingerprint density at radius 2 is 1.63 bits per heavy atom. The van der Waals surface area contributed by atoms with Crippen molar-refractivity contribution in [1.29, 1.82) is 0 Å². The molecule has 4 rings (SSSR count). The van der Waals surface area contributed by atoms with E-state index in [1.54, 1.807) is 36.4 Å². The van der Waals surface area contributed by atoms with E-state index in [2.05, 4.69) is 20.6 Å². The number of aromatic nitrogens is 2. The number of benzene rings is 3. The molecule has 148 valence electrons. The normalized spacial score (nSPS) is 10.5. The maximum atomic E-state index is 13.1. The maximum Gasteiger partial charge on any atom is 0.255 e. The number of carbonyl (C=O) groups is 1. The van der Waals surface area contributed by atoms with Gasteiger partial charge in [-0.1, -0.05) is 23.8 Å². The van der Waals surface area contributed by atoms with Crippen LogP contribution in [0.4, 0.5) is 21.6 Å². The predicted molar refractivity (Wildman–Crippen MR) is 116 cm³/mol. The van der Waals surface area contributed by atoms with Gasteiger partial charge in [-0.3, -0.25) is 4.79 Å². The summed E-state index contributed by atoms with van der Waals surface area (Å²) in [5.41, 5.74) is 4.56. The highest BCUT2D eigenvalue weighted by atomic mass is 19.1. The van der Waals surface area contributed by atoms with E-state index in [4.69, 9.17) is 0 Å². The first-order chi connectivity index (χ1) is 14.6. The van der Waals surface area contributed by atoms with Gasteiger partial charge in [0.05, 0.1) is 5.69 Å². The summed E-state index contributed by atoms with van der Waals surface area (Å²) in [6.45, 7) is 2.00. The van der Waals surface area contributed by atoms with Crippen LogP contribution in [0.15, 0.2) is 85.2 Å². The fourth-order valence-corrected chi connectivity index (χ4v) is 2.93. The summed E-state index contributed by atoms with van der Waals surface area (Å²) in [6.07, 6.45) is 1.44. The molecule has 30 heavy (non-hydrogen) atoms. The number of anilines is 3. The van der Waals surface area contributed by atoms with E-state index < -0.39 is 0 Å². The van der Waals surface area contributed by atoms with E-state index in [1.165, 1.54) is 18.5 Å². The van der Waals surface area contributed by atoms with Gasteiger partial charge in [-0.15, -0.1) is 0 Å². The van der Waals surface area contributed by atoms with Crippen LogP contribution in [0.3, 0.4) is 0 Å². The molecule has 0 saturated heterocycles. The third kappa shape index (κ3) is 4.67. The highest BCUT2D eigenvalue weighted by molar-refractivity contribution is 6.04. The van der Waals surface area contributed by atoms with Crippen molar-refractivity contribution in [2.45, 2.75) is 6.92 Å². The van der Waals surface area contributed by atoms with Crippen molar-refractivity contribution in [3.05, 3.63) is 102 Å². The second kappa shape index (κ2) is 8.53. The van der Waals surface area contributed by atoms with E-state index in [0.717, 1.165) is 22.5 Å². The molecule has 2 N–H and O–H groups in total. The Morgan fingerprint density at radius 3 is 2.40 bits per heavy atom. The third-order valence-corrected chi connectivity index (χ3v) is 4.51. The van der Waals surface area contributed by atoms with Gasteiger partial charge in [0.1, 0.15) is 18.0 Å². The Kier molecular flexibility index (Phi) is 5.48. The van der Waals surface area contributed by atoms with Crippen LogP contribution in [-0.4, -0.2) is 15.9 Å². The average Bonchev–Trinajstić information content (AvgIpc) is 2.76. The molecule has 0 aliphatic carbocycles. The van der Waals surface area contributed by atoms with Crippen molar-refractivity contribution in [3.8, 4) is 11.3 Å². The first-order valence-electron chi connectivity index (χ1n) is 9.40. The SMILES string of the molecule is Cc1ccc(NC(=O)c2cccc(Nc3cc(-c4ccc(F)cc4)ncn3)c2)cc1. The van der Waals surface area contributed by atoms with Gasteiger partial charge in [0.2, 0.25) is 0 Å². The molecule has 3 aromatic carbocycles. The quantitative estimate of drug-likeness (QED) is 0.460. The van der Waals surface area contributed by atoms with Crippen LogP contribution >= 0.6 is 0 Å². The molecule has 0 unspecified atom stereocenters. The number of hydrogen-bond donors (Lipinski definition) is 2. The average molecular weight is 398 g/mol. The zero-order valence-electron chi connectivity index (χ0n) is 16.3. The molecule has 0 spiro atoms. The highest BCUT2D eigenvalue weighted by Gasteiger charge is 2.08. The second-order valence-electron chi connectivity index (χ2n) is 6.82. The lowest BCUT2D eigenvalue weighted by atomic mass is 10.1.